The van der Waals surface area contributed by atoms with Crippen LogP contribution in [0, 0.1) is 5.92 Å². The Morgan fingerprint density at radius 1 is 1.00 bits per heavy atom. The van der Waals surface area contributed by atoms with Crippen LogP contribution in [0.4, 0.5) is 0 Å². The minimum Gasteiger partial charge on any atom is -0.466 e. The summed E-state index contributed by atoms with van der Waals surface area (Å²) >= 11 is 0. The number of esters is 1. The second kappa shape index (κ2) is 8.52. The molecule has 5 heteroatoms. The van der Waals surface area contributed by atoms with Crippen LogP contribution in [0.1, 0.15) is 30.1 Å². The third kappa shape index (κ3) is 4.23. The first-order chi connectivity index (χ1) is 12.7. The molecule has 1 saturated heterocycles. The summed E-state index contributed by atoms with van der Waals surface area (Å²) in [5.74, 6) is 0.881. The lowest BCUT2D eigenvalue weighted by molar-refractivity contribution is -0.149. The van der Waals surface area contributed by atoms with E-state index in [9.17, 15) is 9.59 Å². The quantitative estimate of drug-likeness (QED) is 0.765. The minimum atomic E-state index is -0.160. The number of nitrogens with zero attached hydrogens (tertiary/aromatic N) is 1. The molecular weight excluding hydrogens is 330 g/mol. The van der Waals surface area contributed by atoms with Crippen molar-refractivity contribution in [2.45, 2.75) is 19.8 Å². The lowest BCUT2D eigenvalue weighted by Gasteiger charge is -2.31. The molecule has 1 fully saturated rings. The van der Waals surface area contributed by atoms with Crippen molar-refractivity contribution in [3.63, 3.8) is 0 Å². The molecule has 0 bridgehead atoms. The molecule has 0 aliphatic carbocycles. The van der Waals surface area contributed by atoms with E-state index in [-0.39, 0.29) is 17.8 Å². The fourth-order valence-corrected chi connectivity index (χ4v) is 3.10. The zero-order valence-electron chi connectivity index (χ0n) is 14.9. The summed E-state index contributed by atoms with van der Waals surface area (Å²) < 4.78 is 11.0. The van der Waals surface area contributed by atoms with Gasteiger partial charge in [0, 0.05) is 13.1 Å². The minimum absolute atomic E-state index is 0.0705. The number of benzene rings is 2. The number of likely N-dealkylation sites (tertiary alicyclic amines) is 1. The van der Waals surface area contributed by atoms with Gasteiger partial charge in [-0.05, 0) is 44.0 Å². The van der Waals surface area contributed by atoms with Gasteiger partial charge >= 0.3 is 5.97 Å². The smallest absolute Gasteiger partial charge is 0.309 e. The molecule has 0 aromatic heterocycles. The van der Waals surface area contributed by atoms with Gasteiger partial charge in [-0.2, -0.15) is 0 Å². The van der Waals surface area contributed by atoms with E-state index in [0.29, 0.717) is 49.6 Å². The van der Waals surface area contributed by atoms with Crippen LogP contribution < -0.4 is 4.74 Å². The Morgan fingerprint density at radius 2 is 1.65 bits per heavy atom. The van der Waals surface area contributed by atoms with E-state index in [4.69, 9.17) is 9.47 Å². The highest BCUT2D eigenvalue weighted by atomic mass is 16.5. The molecule has 0 saturated carbocycles. The van der Waals surface area contributed by atoms with E-state index in [1.165, 1.54) is 0 Å². The summed E-state index contributed by atoms with van der Waals surface area (Å²) in [6.45, 7) is 3.28. The predicted octanol–water partition coefficient (Wildman–Crippen LogP) is 3.89. The molecule has 2 aromatic carbocycles. The van der Waals surface area contributed by atoms with Gasteiger partial charge in [-0.1, -0.05) is 30.3 Å². The Hall–Kier alpha value is -2.82. The number of carbonyl (C=O) groups is 2. The molecule has 1 amide bonds. The van der Waals surface area contributed by atoms with E-state index in [0.717, 1.165) is 0 Å². The van der Waals surface area contributed by atoms with Gasteiger partial charge in [0.15, 0.2) is 0 Å². The molecule has 1 heterocycles. The topological polar surface area (TPSA) is 55.8 Å². The van der Waals surface area contributed by atoms with Crippen molar-refractivity contribution in [3.05, 3.63) is 60.2 Å². The SMILES string of the molecule is CCOC(=O)C1CCN(C(=O)c2ccccc2Oc2ccccc2)CC1. The summed E-state index contributed by atoms with van der Waals surface area (Å²) in [5, 5.41) is 0. The summed E-state index contributed by atoms with van der Waals surface area (Å²) in [4.78, 5) is 26.6. The third-order valence-electron chi connectivity index (χ3n) is 4.49. The third-order valence-corrected chi connectivity index (χ3v) is 4.49. The van der Waals surface area contributed by atoms with Crippen molar-refractivity contribution < 1.29 is 19.1 Å². The van der Waals surface area contributed by atoms with Crippen molar-refractivity contribution in [2.75, 3.05) is 19.7 Å². The zero-order valence-corrected chi connectivity index (χ0v) is 14.9. The maximum atomic E-state index is 12.9. The van der Waals surface area contributed by atoms with Crippen LogP contribution in [-0.4, -0.2) is 36.5 Å². The molecule has 0 atom stereocenters. The summed E-state index contributed by atoms with van der Waals surface area (Å²) in [7, 11) is 0. The molecule has 5 nitrogen and oxygen atoms in total. The number of hydrogen-bond donors (Lipinski definition) is 0. The first-order valence-corrected chi connectivity index (χ1v) is 8.97. The summed E-state index contributed by atoms with van der Waals surface area (Å²) in [5.41, 5.74) is 0.533. The van der Waals surface area contributed by atoms with Crippen molar-refractivity contribution in [1.82, 2.24) is 4.90 Å². The van der Waals surface area contributed by atoms with Gasteiger partial charge < -0.3 is 14.4 Å². The van der Waals surface area contributed by atoms with Gasteiger partial charge in [0.25, 0.3) is 5.91 Å². The highest BCUT2D eigenvalue weighted by molar-refractivity contribution is 5.97. The van der Waals surface area contributed by atoms with Crippen LogP contribution in [0.2, 0.25) is 0 Å². The number of carbonyl (C=O) groups excluding carboxylic acids is 2. The molecule has 136 valence electrons. The first kappa shape index (κ1) is 18.0. The number of para-hydroxylation sites is 2. The maximum Gasteiger partial charge on any atom is 0.309 e. The zero-order chi connectivity index (χ0) is 18.4. The van der Waals surface area contributed by atoms with Crippen LogP contribution in [0.25, 0.3) is 0 Å². The molecule has 0 unspecified atom stereocenters. The van der Waals surface area contributed by atoms with Crippen LogP contribution in [0.5, 0.6) is 11.5 Å². The maximum absolute atomic E-state index is 12.9. The standard InChI is InChI=1S/C21H23NO4/c1-2-25-21(24)16-12-14-22(15-13-16)20(23)18-10-6-7-11-19(18)26-17-8-4-3-5-9-17/h3-11,16H,2,12-15H2,1H3. The second-order valence-electron chi connectivity index (χ2n) is 6.23. The van der Waals surface area contributed by atoms with E-state index >= 15 is 0 Å². The molecule has 3 rings (SSSR count). The van der Waals surface area contributed by atoms with Gasteiger partial charge in [0.2, 0.25) is 0 Å². The molecule has 1 aliphatic heterocycles. The van der Waals surface area contributed by atoms with Crippen molar-refractivity contribution in [1.29, 1.82) is 0 Å². The molecule has 1 aliphatic rings. The van der Waals surface area contributed by atoms with E-state index in [1.807, 2.05) is 42.5 Å². The monoisotopic (exact) mass is 353 g/mol. The van der Waals surface area contributed by atoms with Crippen molar-refractivity contribution in [2.24, 2.45) is 5.92 Å². The number of piperidine rings is 1. The van der Waals surface area contributed by atoms with Gasteiger partial charge in [-0.25, -0.2) is 0 Å². The summed E-state index contributed by atoms with van der Waals surface area (Å²) in [6, 6.07) is 16.7. The summed E-state index contributed by atoms with van der Waals surface area (Å²) in [6.07, 6.45) is 1.26. The van der Waals surface area contributed by atoms with Crippen LogP contribution in [0.3, 0.4) is 0 Å². The predicted molar refractivity (Wildman–Crippen MR) is 98.2 cm³/mol. The number of amides is 1. The van der Waals surface area contributed by atoms with Crippen molar-refractivity contribution in [3.8, 4) is 11.5 Å². The van der Waals surface area contributed by atoms with E-state index < -0.39 is 0 Å². The highest BCUT2D eigenvalue weighted by Crippen LogP contribution is 2.28. The number of rotatable bonds is 5. The highest BCUT2D eigenvalue weighted by Gasteiger charge is 2.29. The lowest BCUT2D eigenvalue weighted by atomic mass is 9.96. The fraction of sp³-hybridized carbons (Fsp3) is 0.333. The van der Waals surface area contributed by atoms with E-state index in [2.05, 4.69) is 0 Å². The first-order valence-electron chi connectivity index (χ1n) is 8.97. The molecular formula is C21H23NO4. The Kier molecular flexibility index (Phi) is 5.89. The lowest BCUT2D eigenvalue weighted by Crippen LogP contribution is -2.40. The Labute approximate surface area is 153 Å². The Morgan fingerprint density at radius 3 is 2.35 bits per heavy atom. The number of ether oxygens (including phenoxy) is 2. The van der Waals surface area contributed by atoms with Gasteiger partial charge in [-0.3, -0.25) is 9.59 Å². The molecule has 0 spiro atoms. The largest absolute Gasteiger partial charge is 0.466 e. The molecule has 0 N–H and O–H groups in total. The van der Waals surface area contributed by atoms with Gasteiger partial charge in [0.1, 0.15) is 11.5 Å². The fourth-order valence-electron chi connectivity index (χ4n) is 3.10. The molecule has 0 radical (unpaired) electrons. The van der Waals surface area contributed by atoms with Gasteiger partial charge in [0.05, 0.1) is 18.1 Å². The van der Waals surface area contributed by atoms with Crippen molar-refractivity contribution >= 4 is 11.9 Å². The van der Waals surface area contributed by atoms with Crippen LogP contribution >= 0.6 is 0 Å². The van der Waals surface area contributed by atoms with Crippen LogP contribution in [-0.2, 0) is 9.53 Å². The van der Waals surface area contributed by atoms with Crippen LogP contribution in [0.15, 0.2) is 54.6 Å². The Balaban J connectivity index is 1.68. The average molecular weight is 353 g/mol. The Bertz CT molecular complexity index is 752. The molecule has 2 aromatic rings. The van der Waals surface area contributed by atoms with Gasteiger partial charge in [-0.15, -0.1) is 0 Å². The molecule has 26 heavy (non-hydrogen) atoms. The number of hydrogen-bond acceptors (Lipinski definition) is 4. The second-order valence-corrected chi connectivity index (χ2v) is 6.23. The average Bonchev–Trinajstić information content (AvgIpc) is 2.69. The van der Waals surface area contributed by atoms with E-state index in [1.54, 1.807) is 24.0 Å². The normalized spacial score (nSPS) is 14.7.